The summed E-state index contributed by atoms with van der Waals surface area (Å²) in [4.78, 5) is 0. The molecular formula is C14H12ClF2N. The smallest absolute Gasteiger partial charge is 0.123 e. The monoisotopic (exact) mass is 267 g/mol. The fourth-order valence-electron chi connectivity index (χ4n) is 1.92. The van der Waals surface area contributed by atoms with Gasteiger partial charge in [0.25, 0.3) is 0 Å². The van der Waals surface area contributed by atoms with E-state index in [-0.39, 0.29) is 17.7 Å². The zero-order valence-electron chi connectivity index (χ0n) is 9.75. The van der Waals surface area contributed by atoms with Crippen LogP contribution in [-0.4, -0.2) is 7.05 Å². The van der Waals surface area contributed by atoms with Gasteiger partial charge in [0.15, 0.2) is 0 Å². The molecule has 94 valence electrons. The van der Waals surface area contributed by atoms with Gasteiger partial charge < -0.3 is 5.32 Å². The number of hydrogen-bond donors (Lipinski definition) is 1. The van der Waals surface area contributed by atoms with Crippen molar-refractivity contribution in [3.05, 3.63) is 70.2 Å². The highest BCUT2D eigenvalue weighted by Crippen LogP contribution is 2.29. The van der Waals surface area contributed by atoms with Gasteiger partial charge in [-0.1, -0.05) is 23.7 Å². The quantitative estimate of drug-likeness (QED) is 0.889. The molecule has 0 aliphatic heterocycles. The lowest BCUT2D eigenvalue weighted by Gasteiger charge is -2.18. The molecule has 0 fully saturated rings. The molecule has 0 aliphatic carbocycles. The number of benzene rings is 2. The summed E-state index contributed by atoms with van der Waals surface area (Å²) >= 11 is 6.06. The van der Waals surface area contributed by atoms with Gasteiger partial charge in [0, 0.05) is 5.02 Å². The summed E-state index contributed by atoms with van der Waals surface area (Å²) in [5, 5.41) is 3.46. The van der Waals surface area contributed by atoms with E-state index in [1.807, 2.05) is 0 Å². The van der Waals surface area contributed by atoms with Crippen molar-refractivity contribution in [2.75, 3.05) is 7.05 Å². The second kappa shape index (κ2) is 5.46. The van der Waals surface area contributed by atoms with Crippen LogP contribution in [0.15, 0.2) is 42.5 Å². The first kappa shape index (κ1) is 13.0. The fraction of sp³-hybridized carbons (Fsp3) is 0.143. The molecule has 0 aromatic heterocycles. The average Bonchev–Trinajstić information content (AvgIpc) is 2.35. The van der Waals surface area contributed by atoms with E-state index in [0.717, 1.165) is 0 Å². The lowest BCUT2D eigenvalue weighted by molar-refractivity contribution is 0.608. The summed E-state index contributed by atoms with van der Waals surface area (Å²) in [6.45, 7) is 0. The molecular weight excluding hydrogens is 256 g/mol. The van der Waals surface area contributed by atoms with Crippen LogP contribution in [0, 0.1) is 11.6 Å². The number of hydrogen-bond acceptors (Lipinski definition) is 1. The van der Waals surface area contributed by atoms with Gasteiger partial charge in [-0.25, -0.2) is 8.78 Å². The first-order chi connectivity index (χ1) is 8.61. The van der Waals surface area contributed by atoms with E-state index in [0.29, 0.717) is 16.1 Å². The molecule has 0 aliphatic rings. The van der Waals surface area contributed by atoms with E-state index in [1.54, 1.807) is 19.2 Å². The summed E-state index contributed by atoms with van der Waals surface area (Å²) in [6, 6.07) is 9.96. The van der Waals surface area contributed by atoms with Crippen molar-refractivity contribution in [2.45, 2.75) is 6.04 Å². The third kappa shape index (κ3) is 2.68. The molecule has 2 aromatic carbocycles. The molecule has 4 heteroatoms. The van der Waals surface area contributed by atoms with Crippen molar-refractivity contribution in [3.63, 3.8) is 0 Å². The molecule has 0 saturated carbocycles. The van der Waals surface area contributed by atoms with Crippen LogP contribution in [0.5, 0.6) is 0 Å². The zero-order chi connectivity index (χ0) is 13.1. The minimum Gasteiger partial charge on any atom is -0.309 e. The summed E-state index contributed by atoms with van der Waals surface area (Å²) in [7, 11) is 1.72. The highest BCUT2D eigenvalue weighted by Gasteiger charge is 2.16. The van der Waals surface area contributed by atoms with E-state index in [1.165, 1.54) is 30.3 Å². The third-order valence-corrected chi connectivity index (χ3v) is 3.08. The predicted molar refractivity (Wildman–Crippen MR) is 68.7 cm³/mol. The van der Waals surface area contributed by atoms with Crippen LogP contribution in [-0.2, 0) is 0 Å². The molecule has 0 heterocycles. The van der Waals surface area contributed by atoms with Crippen LogP contribution in [0.25, 0.3) is 0 Å². The van der Waals surface area contributed by atoms with Crippen LogP contribution in [0.4, 0.5) is 8.78 Å². The largest absolute Gasteiger partial charge is 0.309 e. The zero-order valence-corrected chi connectivity index (χ0v) is 10.5. The van der Waals surface area contributed by atoms with Crippen LogP contribution in [0.1, 0.15) is 17.2 Å². The summed E-state index contributed by atoms with van der Waals surface area (Å²) in [5.41, 5.74) is 1.29. The lowest BCUT2D eigenvalue weighted by atomic mass is 9.98. The van der Waals surface area contributed by atoms with Gasteiger partial charge in [0.2, 0.25) is 0 Å². The van der Waals surface area contributed by atoms with E-state index in [9.17, 15) is 8.78 Å². The van der Waals surface area contributed by atoms with Crippen molar-refractivity contribution in [1.29, 1.82) is 0 Å². The van der Waals surface area contributed by atoms with E-state index in [2.05, 4.69) is 5.32 Å². The van der Waals surface area contributed by atoms with Crippen molar-refractivity contribution < 1.29 is 8.78 Å². The minimum atomic E-state index is -0.369. The van der Waals surface area contributed by atoms with Crippen molar-refractivity contribution in [3.8, 4) is 0 Å². The predicted octanol–water partition coefficient (Wildman–Crippen LogP) is 3.93. The number of nitrogens with one attached hydrogen (secondary N) is 1. The Morgan fingerprint density at radius 2 is 1.78 bits per heavy atom. The van der Waals surface area contributed by atoms with E-state index >= 15 is 0 Å². The van der Waals surface area contributed by atoms with Crippen LogP contribution in [0.2, 0.25) is 5.02 Å². The molecule has 2 rings (SSSR count). The van der Waals surface area contributed by atoms with Gasteiger partial charge in [0.05, 0.1) is 6.04 Å². The number of rotatable bonds is 3. The second-order valence-corrected chi connectivity index (χ2v) is 4.35. The van der Waals surface area contributed by atoms with Gasteiger partial charge in [-0.2, -0.15) is 0 Å². The first-order valence-electron chi connectivity index (χ1n) is 5.49. The molecule has 1 unspecified atom stereocenters. The highest BCUT2D eigenvalue weighted by molar-refractivity contribution is 6.31. The van der Waals surface area contributed by atoms with Crippen molar-refractivity contribution >= 4 is 11.6 Å². The topological polar surface area (TPSA) is 12.0 Å². The van der Waals surface area contributed by atoms with Gasteiger partial charge >= 0.3 is 0 Å². The maximum atomic E-state index is 13.3. The van der Waals surface area contributed by atoms with E-state index in [4.69, 9.17) is 11.6 Å². The van der Waals surface area contributed by atoms with E-state index < -0.39 is 0 Å². The standard InChI is InChI=1S/C14H12ClF2N/c1-18-14(9-3-2-4-10(16)7-9)12-8-11(17)5-6-13(12)15/h2-8,14,18H,1H3. The molecule has 0 amide bonds. The fourth-order valence-corrected chi connectivity index (χ4v) is 2.15. The summed E-state index contributed by atoms with van der Waals surface area (Å²) < 4.78 is 26.5. The molecule has 1 atom stereocenters. The SMILES string of the molecule is CNC(c1cccc(F)c1)c1cc(F)ccc1Cl. The Labute approximate surface area is 109 Å². The summed E-state index contributed by atoms with van der Waals surface area (Å²) in [5.74, 6) is -0.702. The van der Waals surface area contributed by atoms with Crippen LogP contribution in [0.3, 0.4) is 0 Å². The molecule has 2 aromatic rings. The number of halogens is 3. The molecule has 0 radical (unpaired) electrons. The first-order valence-corrected chi connectivity index (χ1v) is 5.87. The summed E-state index contributed by atoms with van der Waals surface area (Å²) in [6.07, 6.45) is 0. The normalized spacial score (nSPS) is 12.4. The Kier molecular flexibility index (Phi) is 3.94. The van der Waals surface area contributed by atoms with Gasteiger partial charge in [-0.3, -0.25) is 0 Å². The van der Waals surface area contributed by atoms with Gasteiger partial charge in [-0.15, -0.1) is 0 Å². The maximum absolute atomic E-state index is 13.3. The molecule has 18 heavy (non-hydrogen) atoms. The Balaban J connectivity index is 2.48. The van der Waals surface area contributed by atoms with Crippen LogP contribution >= 0.6 is 11.6 Å². The molecule has 1 nitrogen and oxygen atoms in total. The Morgan fingerprint density at radius 3 is 2.44 bits per heavy atom. The van der Waals surface area contributed by atoms with Gasteiger partial charge in [-0.05, 0) is 48.5 Å². The Bertz CT molecular complexity index is 557. The van der Waals surface area contributed by atoms with Crippen molar-refractivity contribution in [1.82, 2.24) is 5.32 Å². The second-order valence-electron chi connectivity index (χ2n) is 3.94. The van der Waals surface area contributed by atoms with Crippen molar-refractivity contribution in [2.24, 2.45) is 0 Å². The Hall–Kier alpha value is -1.45. The third-order valence-electron chi connectivity index (χ3n) is 2.74. The molecule has 1 N–H and O–H groups in total. The Morgan fingerprint density at radius 1 is 1.06 bits per heavy atom. The molecule has 0 saturated heterocycles. The lowest BCUT2D eigenvalue weighted by Crippen LogP contribution is -2.18. The average molecular weight is 268 g/mol. The van der Waals surface area contributed by atoms with Crippen LogP contribution < -0.4 is 5.32 Å². The minimum absolute atomic E-state index is 0.333. The highest BCUT2D eigenvalue weighted by atomic mass is 35.5. The van der Waals surface area contributed by atoms with Gasteiger partial charge in [0.1, 0.15) is 11.6 Å². The molecule has 0 spiro atoms. The molecule has 0 bridgehead atoms. The maximum Gasteiger partial charge on any atom is 0.123 e.